The maximum Gasteiger partial charge on any atom is 0.201 e. The first-order chi connectivity index (χ1) is 14.7. The third-order valence-electron chi connectivity index (χ3n) is 5.45. The highest BCUT2D eigenvalue weighted by Crippen LogP contribution is 2.46. The quantitative estimate of drug-likeness (QED) is 0.433. The van der Waals surface area contributed by atoms with E-state index in [1.165, 1.54) is 50.4 Å². The van der Waals surface area contributed by atoms with Crippen LogP contribution in [0.3, 0.4) is 0 Å². The molecule has 0 aliphatic heterocycles. The number of benzene rings is 3. The molecule has 0 atom stereocenters. The lowest BCUT2D eigenvalue weighted by Crippen LogP contribution is -2.22. The summed E-state index contributed by atoms with van der Waals surface area (Å²) in [5.74, 6) is -2.76. The number of ketones is 3. The Morgan fingerprint density at radius 3 is 2.19 bits per heavy atom. The van der Waals surface area contributed by atoms with Crippen LogP contribution in [0.5, 0.6) is 23.0 Å². The van der Waals surface area contributed by atoms with Gasteiger partial charge in [0.15, 0.2) is 11.6 Å². The van der Waals surface area contributed by atoms with Gasteiger partial charge in [0.1, 0.15) is 28.6 Å². The predicted octanol–water partition coefficient (Wildman–Crippen LogP) is 3.77. The van der Waals surface area contributed by atoms with E-state index in [0.717, 1.165) is 0 Å². The number of fused-ring (bicyclic) bond motifs is 2. The average molecular weight is 418 g/mol. The maximum absolute atomic E-state index is 13.4. The number of hydrogen-bond donors (Lipinski definition) is 3. The van der Waals surface area contributed by atoms with Gasteiger partial charge in [0.25, 0.3) is 0 Å². The van der Waals surface area contributed by atoms with Crippen molar-refractivity contribution in [1.82, 2.24) is 0 Å². The molecular formula is C24H18O7. The standard InChI is InChI=1S/C24H18O7/c1-10-9-15(27)20-21(23(29)12-5-4-6-14(26)19(12)24(20)30)17(10)13-7-8-16(31-3)18(11(2)25)22(13)28/h4-9,26-28H,1-3H3. The van der Waals surface area contributed by atoms with Crippen LogP contribution in [0, 0.1) is 6.92 Å². The summed E-state index contributed by atoms with van der Waals surface area (Å²) in [4.78, 5) is 38.7. The van der Waals surface area contributed by atoms with Crippen molar-refractivity contribution in [2.24, 2.45) is 0 Å². The van der Waals surface area contributed by atoms with E-state index < -0.39 is 28.8 Å². The second-order valence-electron chi connectivity index (χ2n) is 7.29. The Balaban J connectivity index is 2.11. The van der Waals surface area contributed by atoms with Crippen LogP contribution in [-0.4, -0.2) is 39.8 Å². The lowest BCUT2D eigenvalue weighted by atomic mass is 9.78. The van der Waals surface area contributed by atoms with Gasteiger partial charge in [-0.25, -0.2) is 0 Å². The molecule has 3 aromatic rings. The first kappa shape index (κ1) is 20.2. The number of carbonyl (C=O) groups excluding carboxylic acids is 3. The summed E-state index contributed by atoms with van der Waals surface area (Å²) < 4.78 is 5.17. The Hall–Kier alpha value is -4.13. The van der Waals surface area contributed by atoms with Crippen LogP contribution in [0.4, 0.5) is 0 Å². The van der Waals surface area contributed by atoms with Crippen molar-refractivity contribution in [2.45, 2.75) is 13.8 Å². The van der Waals surface area contributed by atoms with Crippen molar-refractivity contribution in [1.29, 1.82) is 0 Å². The number of ether oxygens (including phenoxy) is 1. The largest absolute Gasteiger partial charge is 0.507 e. The fourth-order valence-electron chi connectivity index (χ4n) is 4.12. The van der Waals surface area contributed by atoms with Crippen molar-refractivity contribution < 1.29 is 34.4 Å². The fourth-order valence-corrected chi connectivity index (χ4v) is 4.12. The summed E-state index contributed by atoms with van der Waals surface area (Å²) in [7, 11) is 1.36. The predicted molar refractivity (Wildman–Crippen MR) is 111 cm³/mol. The first-order valence-corrected chi connectivity index (χ1v) is 9.38. The third kappa shape index (κ3) is 2.78. The lowest BCUT2D eigenvalue weighted by Gasteiger charge is -2.24. The minimum atomic E-state index is -0.707. The number of carbonyl (C=O) groups is 3. The Labute approximate surface area is 177 Å². The van der Waals surface area contributed by atoms with Gasteiger partial charge < -0.3 is 20.1 Å². The molecular weight excluding hydrogens is 400 g/mol. The van der Waals surface area contributed by atoms with Gasteiger partial charge in [0.2, 0.25) is 5.78 Å². The first-order valence-electron chi connectivity index (χ1n) is 9.38. The minimum absolute atomic E-state index is 0.0106. The Kier molecular flexibility index (Phi) is 4.54. The summed E-state index contributed by atoms with van der Waals surface area (Å²) in [6, 6.07) is 8.42. The van der Waals surface area contributed by atoms with Crippen LogP contribution < -0.4 is 4.74 Å². The molecule has 0 amide bonds. The molecule has 1 aliphatic carbocycles. The van der Waals surface area contributed by atoms with Crippen LogP contribution in [-0.2, 0) is 0 Å². The number of hydrogen-bond acceptors (Lipinski definition) is 7. The number of phenolic OH excluding ortho intramolecular Hbond substituents is 3. The molecule has 0 heterocycles. The number of phenols is 3. The molecule has 0 unspecified atom stereocenters. The Morgan fingerprint density at radius 2 is 1.55 bits per heavy atom. The molecule has 3 N–H and O–H groups in total. The highest BCUT2D eigenvalue weighted by atomic mass is 16.5. The van der Waals surface area contributed by atoms with Crippen LogP contribution >= 0.6 is 0 Å². The van der Waals surface area contributed by atoms with E-state index in [9.17, 15) is 29.7 Å². The smallest absolute Gasteiger partial charge is 0.201 e. The van der Waals surface area contributed by atoms with Crippen molar-refractivity contribution >= 4 is 17.3 Å². The Morgan fingerprint density at radius 1 is 0.839 bits per heavy atom. The molecule has 156 valence electrons. The third-order valence-corrected chi connectivity index (χ3v) is 5.45. The van der Waals surface area contributed by atoms with Gasteiger partial charge >= 0.3 is 0 Å². The highest BCUT2D eigenvalue weighted by Gasteiger charge is 2.37. The summed E-state index contributed by atoms with van der Waals surface area (Å²) in [5.41, 5.74) is 0.143. The van der Waals surface area contributed by atoms with Crippen LogP contribution in [0.15, 0.2) is 36.4 Å². The van der Waals surface area contributed by atoms with Crippen molar-refractivity contribution in [3.05, 3.63) is 69.8 Å². The van der Waals surface area contributed by atoms with E-state index in [2.05, 4.69) is 0 Å². The van der Waals surface area contributed by atoms with E-state index in [1.807, 2.05) is 0 Å². The van der Waals surface area contributed by atoms with Gasteiger partial charge in [-0.3, -0.25) is 14.4 Å². The molecule has 0 fully saturated rings. The molecule has 7 nitrogen and oxygen atoms in total. The maximum atomic E-state index is 13.4. The van der Waals surface area contributed by atoms with Crippen molar-refractivity contribution in [2.75, 3.05) is 7.11 Å². The molecule has 7 heteroatoms. The minimum Gasteiger partial charge on any atom is -0.507 e. The zero-order valence-electron chi connectivity index (χ0n) is 16.9. The molecule has 0 saturated heterocycles. The van der Waals surface area contributed by atoms with E-state index >= 15 is 0 Å². The molecule has 0 aromatic heterocycles. The van der Waals surface area contributed by atoms with Crippen LogP contribution in [0.25, 0.3) is 11.1 Å². The molecule has 0 saturated carbocycles. The van der Waals surface area contributed by atoms with Crippen molar-refractivity contribution in [3.63, 3.8) is 0 Å². The van der Waals surface area contributed by atoms with E-state index in [-0.39, 0.29) is 50.4 Å². The molecule has 0 bridgehead atoms. The van der Waals surface area contributed by atoms with E-state index in [1.54, 1.807) is 6.92 Å². The topological polar surface area (TPSA) is 121 Å². The molecule has 0 spiro atoms. The summed E-state index contributed by atoms with van der Waals surface area (Å²) in [6.07, 6.45) is 0. The SMILES string of the molecule is COc1ccc(-c2c(C)cc(O)c3c2C(=O)c2cccc(O)c2C3=O)c(O)c1C(C)=O. The van der Waals surface area contributed by atoms with Gasteiger partial charge in [0.05, 0.1) is 18.2 Å². The van der Waals surface area contributed by atoms with Crippen LogP contribution in [0.1, 0.15) is 54.7 Å². The van der Waals surface area contributed by atoms with Gasteiger partial charge in [0, 0.05) is 22.3 Å². The number of aromatic hydroxyl groups is 3. The number of aryl methyl sites for hydroxylation is 1. The number of Topliss-reactive ketones (excluding diaryl/α,β-unsaturated/α-hetero) is 1. The van der Waals surface area contributed by atoms with E-state index in [4.69, 9.17) is 4.74 Å². The summed E-state index contributed by atoms with van der Waals surface area (Å²) in [5, 5.41) is 31.6. The zero-order valence-corrected chi connectivity index (χ0v) is 16.9. The summed E-state index contributed by atoms with van der Waals surface area (Å²) >= 11 is 0. The van der Waals surface area contributed by atoms with Gasteiger partial charge in [-0.15, -0.1) is 0 Å². The fraction of sp³-hybridized carbons (Fsp3) is 0.125. The molecule has 4 rings (SSSR count). The van der Waals surface area contributed by atoms with E-state index in [0.29, 0.717) is 5.56 Å². The molecule has 3 aromatic carbocycles. The number of methoxy groups -OCH3 is 1. The van der Waals surface area contributed by atoms with Crippen LogP contribution in [0.2, 0.25) is 0 Å². The number of rotatable bonds is 3. The molecule has 1 aliphatic rings. The van der Waals surface area contributed by atoms with Gasteiger partial charge in [-0.05, 0) is 43.7 Å². The molecule has 0 radical (unpaired) electrons. The van der Waals surface area contributed by atoms with Gasteiger partial charge in [-0.1, -0.05) is 12.1 Å². The normalized spacial score (nSPS) is 12.4. The second-order valence-corrected chi connectivity index (χ2v) is 7.29. The van der Waals surface area contributed by atoms with Gasteiger partial charge in [-0.2, -0.15) is 0 Å². The lowest BCUT2D eigenvalue weighted by molar-refractivity contribution is 0.0974. The second kappa shape index (κ2) is 6.98. The molecule has 31 heavy (non-hydrogen) atoms. The summed E-state index contributed by atoms with van der Waals surface area (Å²) in [6.45, 7) is 2.89. The monoisotopic (exact) mass is 418 g/mol. The highest BCUT2D eigenvalue weighted by molar-refractivity contribution is 6.32. The Bertz CT molecular complexity index is 1320. The average Bonchev–Trinajstić information content (AvgIpc) is 2.71. The zero-order chi connectivity index (χ0) is 22.6. The van der Waals surface area contributed by atoms with Crippen molar-refractivity contribution in [3.8, 4) is 34.1 Å².